The Balaban J connectivity index is 1.45. The van der Waals surface area contributed by atoms with Crippen molar-refractivity contribution in [2.75, 3.05) is 31.5 Å². The molecule has 2 aromatic rings. The fraction of sp³-hybridized carbons (Fsp3) is 0.429. The van der Waals surface area contributed by atoms with Crippen LogP contribution in [0, 0.1) is 17.6 Å². The van der Waals surface area contributed by atoms with Crippen molar-refractivity contribution < 1.29 is 26.8 Å². The summed E-state index contributed by atoms with van der Waals surface area (Å²) in [7, 11) is -3.92. The van der Waals surface area contributed by atoms with Crippen molar-refractivity contribution in [3.05, 3.63) is 47.8 Å². The molecule has 2 aliphatic rings. The van der Waals surface area contributed by atoms with Gasteiger partial charge in [0.25, 0.3) is 5.91 Å². The number of sulfonamides is 1. The quantitative estimate of drug-likeness (QED) is 0.707. The zero-order valence-corrected chi connectivity index (χ0v) is 18.1. The van der Waals surface area contributed by atoms with Gasteiger partial charge in [-0.2, -0.15) is 4.31 Å². The van der Waals surface area contributed by atoms with Crippen molar-refractivity contribution in [2.45, 2.75) is 30.6 Å². The minimum atomic E-state index is -3.92. The highest BCUT2D eigenvalue weighted by molar-refractivity contribution is 7.89. The first-order valence-electron chi connectivity index (χ1n) is 10.5. The van der Waals surface area contributed by atoms with Crippen molar-refractivity contribution >= 4 is 27.5 Å². The minimum absolute atomic E-state index is 0.0364. The van der Waals surface area contributed by atoms with Gasteiger partial charge in [-0.1, -0.05) is 0 Å². The topological polar surface area (TPSA) is 103 Å². The van der Waals surface area contributed by atoms with E-state index in [4.69, 9.17) is 0 Å². The van der Waals surface area contributed by atoms with E-state index in [1.807, 2.05) is 0 Å². The molecule has 2 fully saturated rings. The van der Waals surface area contributed by atoms with Crippen LogP contribution in [0.2, 0.25) is 0 Å². The van der Waals surface area contributed by atoms with Gasteiger partial charge in [0.2, 0.25) is 15.9 Å². The first kappa shape index (κ1) is 22.4. The highest BCUT2D eigenvalue weighted by Crippen LogP contribution is 2.26. The molecule has 2 N–H and O–H groups in total. The number of anilines is 1. The van der Waals surface area contributed by atoms with E-state index in [1.165, 1.54) is 16.6 Å². The van der Waals surface area contributed by atoms with Crippen LogP contribution in [-0.2, 0) is 14.8 Å². The van der Waals surface area contributed by atoms with Crippen molar-refractivity contribution in [2.24, 2.45) is 5.92 Å². The molecule has 0 aliphatic carbocycles. The van der Waals surface area contributed by atoms with Crippen molar-refractivity contribution in [1.82, 2.24) is 14.2 Å². The third-order valence-corrected chi connectivity index (χ3v) is 7.70. The molecule has 0 spiro atoms. The van der Waals surface area contributed by atoms with E-state index in [0.717, 1.165) is 25.0 Å². The number of aromatic nitrogens is 1. The van der Waals surface area contributed by atoms with Crippen LogP contribution in [-0.4, -0.2) is 60.6 Å². The smallest absolute Gasteiger partial charge is 0.270 e. The summed E-state index contributed by atoms with van der Waals surface area (Å²) in [6, 6.07) is 4.15. The summed E-state index contributed by atoms with van der Waals surface area (Å²) >= 11 is 0. The van der Waals surface area contributed by atoms with Gasteiger partial charge in [-0.3, -0.25) is 9.59 Å². The molecule has 1 aromatic carbocycles. The van der Waals surface area contributed by atoms with Crippen LogP contribution in [0.4, 0.5) is 14.5 Å². The number of hydrogen-bond donors (Lipinski definition) is 2. The molecular weight excluding hydrogens is 442 g/mol. The van der Waals surface area contributed by atoms with Gasteiger partial charge in [-0.25, -0.2) is 17.2 Å². The summed E-state index contributed by atoms with van der Waals surface area (Å²) in [5.74, 6) is -3.12. The third-order valence-electron chi connectivity index (χ3n) is 5.86. The maximum absolute atomic E-state index is 13.8. The van der Waals surface area contributed by atoms with Gasteiger partial charge in [0.1, 0.15) is 22.2 Å². The van der Waals surface area contributed by atoms with Gasteiger partial charge in [0, 0.05) is 38.4 Å². The second kappa shape index (κ2) is 8.99. The Hall–Kier alpha value is -2.79. The number of aromatic amines is 1. The fourth-order valence-corrected chi connectivity index (χ4v) is 5.61. The van der Waals surface area contributed by atoms with Crippen LogP contribution < -0.4 is 5.32 Å². The van der Waals surface area contributed by atoms with E-state index in [1.54, 1.807) is 4.90 Å². The maximum atomic E-state index is 13.8. The van der Waals surface area contributed by atoms with Gasteiger partial charge < -0.3 is 15.2 Å². The first-order chi connectivity index (χ1) is 15.3. The zero-order chi connectivity index (χ0) is 22.9. The Morgan fingerprint density at radius 2 is 1.81 bits per heavy atom. The van der Waals surface area contributed by atoms with Gasteiger partial charge in [0.05, 0.1) is 11.6 Å². The maximum Gasteiger partial charge on any atom is 0.270 e. The summed E-state index contributed by atoms with van der Waals surface area (Å²) in [6.45, 7) is 1.46. The molecular formula is C21H24F2N4O4S. The van der Waals surface area contributed by atoms with Crippen molar-refractivity contribution in [3.63, 3.8) is 0 Å². The summed E-state index contributed by atoms with van der Waals surface area (Å²) < 4.78 is 54.3. The van der Waals surface area contributed by atoms with Crippen LogP contribution >= 0.6 is 0 Å². The molecule has 8 nitrogen and oxygen atoms in total. The van der Waals surface area contributed by atoms with Gasteiger partial charge in [-0.15, -0.1) is 0 Å². The minimum Gasteiger partial charge on any atom is -0.356 e. The molecule has 2 aliphatic heterocycles. The lowest BCUT2D eigenvalue weighted by Crippen LogP contribution is -2.43. The molecule has 0 bridgehead atoms. The molecule has 1 aromatic heterocycles. The highest BCUT2D eigenvalue weighted by Gasteiger charge is 2.34. The van der Waals surface area contributed by atoms with Crippen LogP contribution in [0.25, 0.3) is 0 Å². The average molecular weight is 467 g/mol. The monoisotopic (exact) mass is 466 g/mol. The molecule has 2 saturated heterocycles. The average Bonchev–Trinajstić information content (AvgIpc) is 3.48. The third kappa shape index (κ3) is 4.53. The Morgan fingerprint density at radius 1 is 1.06 bits per heavy atom. The number of benzene rings is 1. The van der Waals surface area contributed by atoms with E-state index in [-0.39, 0.29) is 35.3 Å². The zero-order valence-electron chi connectivity index (χ0n) is 17.3. The summed E-state index contributed by atoms with van der Waals surface area (Å²) in [5, 5.41) is 2.41. The molecule has 3 heterocycles. The van der Waals surface area contributed by atoms with E-state index in [0.29, 0.717) is 32.0 Å². The van der Waals surface area contributed by atoms with E-state index in [2.05, 4.69) is 10.3 Å². The largest absolute Gasteiger partial charge is 0.356 e. The number of H-pyrrole nitrogens is 1. The molecule has 0 radical (unpaired) electrons. The first-order valence-corrected chi connectivity index (χ1v) is 11.9. The second-order valence-corrected chi connectivity index (χ2v) is 10.0. The molecule has 11 heteroatoms. The Morgan fingerprint density at radius 3 is 2.53 bits per heavy atom. The normalized spacial score (nSPS) is 19.8. The molecule has 32 heavy (non-hydrogen) atoms. The van der Waals surface area contributed by atoms with Crippen molar-refractivity contribution in [1.29, 1.82) is 0 Å². The fourth-order valence-electron chi connectivity index (χ4n) is 4.09. The number of amides is 2. The number of halogens is 2. The predicted molar refractivity (Wildman–Crippen MR) is 112 cm³/mol. The van der Waals surface area contributed by atoms with Crippen LogP contribution in [0.5, 0.6) is 0 Å². The molecule has 0 saturated carbocycles. The molecule has 4 rings (SSSR count). The molecule has 172 valence electrons. The molecule has 2 amide bonds. The Labute approximate surface area is 184 Å². The Bertz CT molecular complexity index is 1130. The van der Waals surface area contributed by atoms with Crippen LogP contribution in [0.3, 0.4) is 0 Å². The van der Waals surface area contributed by atoms with E-state index in [9.17, 15) is 26.8 Å². The number of likely N-dealkylation sites (tertiary alicyclic amines) is 1. The number of piperidine rings is 1. The summed E-state index contributed by atoms with van der Waals surface area (Å²) in [5.41, 5.74) is 0.0515. The number of nitrogens with one attached hydrogen (secondary N) is 2. The van der Waals surface area contributed by atoms with Crippen LogP contribution in [0.15, 0.2) is 35.4 Å². The van der Waals surface area contributed by atoms with Gasteiger partial charge in [-0.05, 0) is 43.9 Å². The summed E-state index contributed by atoms with van der Waals surface area (Å²) in [6.07, 6.45) is 4.03. The lowest BCUT2D eigenvalue weighted by Gasteiger charge is -2.31. The number of rotatable bonds is 5. The molecule has 0 unspecified atom stereocenters. The van der Waals surface area contributed by atoms with Gasteiger partial charge in [0.15, 0.2) is 0 Å². The number of carbonyl (C=O) groups is 2. The van der Waals surface area contributed by atoms with E-state index >= 15 is 0 Å². The SMILES string of the molecule is O=C(Nc1ccc(F)cc1F)[C@H]1CCCN(S(=O)(=O)c2c[nH]c(C(=O)N3CCCC3)c2)C1. The number of nitrogens with zero attached hydrogens (tertiary/aromatic N) is 2. The van der Waals surface area contributed by atoms with E-state index < -0.39 is 33.5 Å². The molecule has 1 atom stereocenters. The van der Waals surface area contributed by atoms with Crippen LogP contribution in [0.1, 0.15) is 36.2 Å². The lowest BCUT2D eigenvalue weighted by atomic mass is 9.98. The lowest BCUT2D eigenvalue weighted by molar-refractivity contribution is -0.120. The standard InChI is InChI=1S/C21H24F2N4O4S/c22-15-5-6-18(17(23)10-15)25-20(28)14-4-3-9-27(13-14)32(30,31)16-11-19(24-12-16)21(29)26-7-1-2-8-26/h5-6,10-12,14,24H,1-4,7-9,13H2,(H,25,28)/t14-/m0/s1. The van der Waals surface area contributed by atoms with Gasteiger partial charge >= 0.3 is 0 Å². The number of hydrogen-bond acceptors (Lipinski definition) is 4. The summed E-state index contributed by atoms with van der Waals surface area (Å²) in [4.78, 5) is 29.5. The highest BCUT2D eigenvalue weighted by atomic mass is 32.2. The predicted octanol–water partition coefficient (Wildman–Crippen LogP) is 2.57. The number of carbonyl (C=O) groups excluding carboxylic acids is 2. The second-order valence-electron chi connectivity index (χ2n) is 8.06. The van der Waals surface area contributed by atoms with Crippen molar-refractivity contribution in [3.8, 4) is 0 Å². The Kier molecular flexibility index (Phi) is 6.29.